The highest BCUT2D eigenvalue weighted by Gasteiger charge is 2.34. The number of hydrogen-bond donors (Lipinski definition) is 1. The molecule has 1 aromatic heterocycles. The number of carbonyl (C=O) groups is 2. The molecule has 1 aliphatic heterocycles. The second kappa shape index (κ2) is 8.47. The van der Waals surface area contributed by atoms with Gasteiger partial charge in [-0.15, -0.1) is 0 Å². The van der Waals surface area contributed by atoms with Crippen LogP contribution >= 0.6 is 0 Å². The van der Waals surface area contributed by atoms with Gasteiger partial charge in [0.05, 0.1) is 24.4 Å². The van der Waals surface area contributed by atoms with Crippen molar-refractivity contribution in [3.8, 4) is 0 Å². The van der Waals surface area contributed by atoms with Gasteiger partial charge < -0.3 is 9.32 Å². The SMILES string of the molecule is CCC/C(=N\NC(=O)C1CC(=O)N(Cc2ccco2)C1)c1ccccc1. The van der Waals surface area contributed by atoms with Gasteiger partial charge >= 0.3 is 0 Å². The summed E-state index contributed by atoms with van der Waals surface area (Å²) in [5, 5.41) is 4.32. The third kappa shape index (κ3) is 4.39. The van der Waals surface area contributed by atoms with E-state index in [1.54, 1.807) is 17.2 Å². The maximum absolute atomic E-state index is 12.5. The van der Waals surface area contributed by atoms with Gasteiger partial charge in [0.15, 0.2) is 0 Å². The molecule has 2 aromatic rings. The molecule has 136 valence electrons. The van der Waals surface area contributed by atoms with Crippen LogP contribution < -0.4 is 5.43 Å². The van der Waals surface area contributed by atoms with Crippen molar-refractivity contribution in [2.24, 2.45) is 11.0 Å². The molecule has 2 amide bonds. The van der Waals surface area contributed by atoms with E-state index in [-0.39, 0.29) is 24.2 Å². The molecule has 0 radical (unpaired) electrons. The summed E-state index contributed by atoms with van der Waals surface area (Å²) in [6, 6.07) is 13.4. The summed E-state index contributed by atoms with van der Waals surface area (Å²) in [7, 11) is 0. The first-order chi connectivity index (χ1) is 12.7. The first-order valence-corrected chi connectivity index (χ1v) is 8.89. The Balaban J connectivity index is 1.61. The van der Waals surface area contributed by atoms with E-state index in [4.69, 9.17) is 4.42 Å². The third-order valence-electron chi connectivity index (χ3n) is 4.41. The highest BCUT2D eigenvalue weighted by Crippen LogP contribution is 2.20. The lowest BCUT2D eigenvalue weighted by molar-refractivity contribution is -0.129. The molecule has 6 heteroatoms. The lowest BCUT2D eigenvalue weighted by Crippen LogP contribution is -2.30. The molecule has 0 spiro atoms. The van der Waals surface area contributed by atoms with Crippen LogP contribution in [0.1, 0.15) is 37.5 Å². The number of hydrazone groups is 1. The average molecular weight is 353 g/mol. The molecule has 3 rings (SSSR count). The lowest BCUT2D eigenvalue weighted by Gasteiger charge is -2.14. The molecule has 2 heterocycles. The molecular weight excluding hydrogens is 330 g/mol. The number of benzene rings is 1. The molecule has 1 atom stereocenters. The van der Waals surface area contributed by atoms with E-state index in [1.807, 2.05) is 36.4 Å². The predicted octanol–water partition coefficient (Wildman–Crippen LogP) is 2.95. The number of amides is 2. The Morgan fingerprint density at radius 2 is 2.08 bits per heavy atom. The van der Waals surface area contributed by atoms with Crippen LogP contribution in [0.2, 0.25) is 0 Å². The smallest absolute Gasteiger partial charge is 0.245 e. The van der Waals surface area contributed by atoms with Crippen LogP contribution in [0.15, 0.2) is 58.2 Å². The number of nitrogens with zero attached hydrogens (tertiary/aromatic N) is 2. The number of likely N-dealkylation sites (tertiary alicyclic amines) is 1. The molecule has 0 aliphatic carbocycles. The molecule has 1 N–H and O–H groups in total. The van der Waals surface area contributed by atoms with Gasteiger partial charge in [-0.25, -0.2) is 5.43 Å². The number of nitrogens with one attached hydrogen (secondary N) is 1. The standard InChI is InChI=1S/C20H23N3O3/c1-2-7-18(15-8-4-3-5-9-15)21-22-20(25)16-12-19(24)23(13-16)14-17-10-6-11-26-17/h3-6,8-11,16H,2,7,12-14H2,1H3,(H,22,25)/b21-18+. The Kier molecular flexibility index (Phi) is 5.84. The van der Waals surface area contributed by atoms with E-state index in [1.165, 1.54) is 0 Å². The molecular formula is C20H23N3O3. The van der Waals surface area contributed by atoms with Crippen LogP contribution in [-0.2, 0) is 16.1 Å². The van der Waals surface area contributed by atoms with Crippen LogP contribution in [-0.4, -0.2) is 29.0 Å². The van der Waals surface area contributed by atoms with Gasteiger partial charge in [-0.05, 0) is 24.1 Å². The van der Waals surface area contributed by atoms with E-state index < -0.39 is 0 Å². The van der Waals surface area contributed by atoms with Crippen molar-refractivity contribution >= 4 is 17.5 Å². The lowest BCUT2D eigenvalue weighted by atomic mass is 10.1. The second-order valence-corrected chi connectivity index (χ2v) is 6.41. The van der Waals surface area contributed by atoms with E-state index in [2.05, 4.69) is 17.5 Å². The van der Waals surface area contributed by atoms with Gasteiger partial charge in [-0.2, -0.15) is 5.10 Å². The summed E-state index contributed by atoms with van der Waals surface area (Å²) >= 11 is 0. The maximum Gasteiger partial charge on any atom is 0.245 e. The monoisotopic (exact) mass is 353 g/mol. The average Bonchev–Trinajstić information content (AvgIpc) is 3.30. The van der Waals surface area contributed by atoms with Crippen LogP contribution in [0.5, 0.6) is 0 Å². The van der Waals surface area contributed by atoms with Crippen molar-refractivity contribution in [3.05, 3.63) is 60.1 Å². The predicted molar refractivity (Wildman–Crippen MR) is 98.3 cm³/mol. The molecule has 1 aliphatic rings. The fourth-order valence-electron chi connectivity index (χ4n) is 3.04. The fraction of sp³-hybridized carbons (Fsp3) is 0.350. The van der Waals surface area contributed by atoms with Gasteiger partial charge in [-0.3, -0.25) is 9.59 Å². The molecule has 1 aromatic carbocycles. The molecule has 1 fully saturated rings. The zero-order chi connectivity index (χ0) is 18.4. The van der Waals surface area contributed by atoms with Gasteiger partial charge in [0.2, 0.25) is 11.8 Å². The van der Waals surface area contributed by atoms with Crippen molar-refractivity contribution in [3.63, 3.8) is 0 Å². The van der Waals surface area contributed by atoms with Gasteiger partial charge in [-0.1, -0.05) is 43.7 Å². The van der Waals surface area contributed by atoms with Crippen molar-refractivity contribution in [2.45, 2.75) is 32.7 Å². The Labute approximate surface area is 152 Å². The molecule has 1 saturated heterocycles. The maximum atomic E-state index is 12.5. The van der Waals surface area contributed by atoms with Gasteiger partial charge in [0.1, 0.15) is 5.76 Å². The first kappa shape index (κ1) is 17.9. The Bertz CT molecular complexity index is 769. The van der Waals surface area contributed by atoms with E-state index >= 15 is 0 Å². The normalized spacial score (nSPS) is 17.6. The van der Waals surface area contributed by atoms with Crippen molar-refractivity contribution in [1.29, 1.82) is 0 Å². The summed E-state index contributed by atoms with van der Waals surface area (Å²) < 4.78 is 5.28. The Morgan fingerprint density at radius 3 is 2.77 bits per heavy atom. The Morgan fingerprint density at radius 1 is 1.27 bits per heavy atom. The minimum absolute atomic E-state index is 0.0395. The van der Waals surface area contributed by atoms with E-state index in [9.17, 15) is 9.59 Å². The van der Waals surface area contributed by atoms with Gasteiger partial charge in [0, 0.05) is 13.0 Å². The highest BCUT2D eigenvalue weighted by atomic mass is 16.3. The summed E-state index contributed by atoms with van der Waals surface area (Å²) in [6.45, 7) is 2.85. The zero-order valence-electron chi connectivity index (χ0n) is 14.9. The fourth-order valence-corrected chi connectivity index (χ4v) is 3.04. The second-order valence-electron chi connectivity index (χ2n) is 6.41. The highest BCUT2D eigenvalue weighted by molar-refractivity contribution is 6.01. The summed E-state index contributed by atoms with van der Waals surface area (Å²) in [6.07, 6.45) is 3.49. The van der Waals surface area contributed by atoms with Crippen LogP contribution in [0, 0.1) is 5.92 Å². The van der Waals surface area contributed by atoms with Crippen LogP contribution in [0.4, 0.5) is 0 Å². The van der Waals surface area contributed by atoms with Crippen LogP contribution in [0.3, 0.4) is 0 Å². The first-order valence-electron chi connectivity index (χ1n) is 8.89. The van der Waals surface area contributed by atoms with Crippen molar-refractivity contribution in [2.75, 3.05) is 6.54 Å². The molecule has 0 saturated carbocycles. The zero-order valence-corrected chi connectivity index (χ0v) is 14.9. The molecule has 6 nitrogen and oxygen atoms in total. The number of hydrogen-bond acceptors (Lipinski definition) is 4. The minimum atomic E-state index is -0.389. The summed E-state index contributed by atoms with van der Waals surface area (Å²) in [4.78, 5) is 26.3. The summed E-state index contributed by atoms with van der Waals surface area (Å²) in [5.74, 6) is 0.0683. The number of rotatable bonds is 7. The van der Waals surface area contributed by atoms with Crippen LogP contribution in [0.25, 0.3) is 0 Å². The number of furan rings is 1. The molecule has 26 heavy (non-hydrogen) atoms. The molecule has 1 unspecified atom stereocenters. The molecule has 0 bridgehead atoms. The van der Waals surface area contributed by atoms with Gasteiger partial charge in [0.25, 0.3) is 0 Å². The topological polar surface area (TPSA) is 74.9 Å². The van der Waals surface area contributed by atoms with E-state index in [0.717, 1.165) is 24.1 Å². The van der Waals surface area contributed by atoms with E-state index in [0.29, 0.717) is 18.8 Å². The third-order valence-corrected chi connectivity index (χ3v) is 4.41. The quantitative estimate of drug-likeness (QED) is 0.614. The number of carbonyl (C=O) groups excluding carboxylic acids is 2. The van der Waals surface area contributed by atoms with Crippen molar-refractivity contribution < 1.29 is 14.0 Å². The Hall–Kier alpha value is -2.89. The summed E-state index contributed by atoms with van der Waals surface area (Å²) in [5.41, 5.74) is 4.50. The van der Waals surface area contributed by atoms with Crippen molar-refractivity contribution in [1.82, 2.24) is 10.3 Å². The minimum Gasteiger partial charge on any atom is -0.467 e. The largest absolute Gasteiger partial charge is 0.467 e.